The first-order valence-corrected chi connectivity index (χ1v) is 5.75. The van der Waals surface area contributed by atoms with E-state index < -0.39 is 0 Å². The van der Waals surface area contributed by atoms with Gasteiger partial charge in [0, 0.05) is 31.1 Å². The van der Waals surface area contributed by atoms with E-state index in [0.717, 1.165) is 17.9 Å². The van der Waals surface area contributed by atoms with E-state index in [1.165, 1.54) is 0 Å². The highest BCUT2D eigenvalue weighted by Gasteiger charge is 2.07. The van der Waals surface area contributed by atoms with Crippen molar-refractivity contribution in [1.82, 2.24) is 5.32 Å². The highest BCUT2D eigenvalue weighted by molar-refractivity contribution is 6.18. The van der Waals surface area contributed by atoms with Gasteiger partial charge in [0.2, 0.25) is 0 Å². The van der Waals surface area contributed by atoms with E-state index in [9.17, 15) is 0 Å². The maximum atomic E-state index is 5.81. The third-order valence-corrected chi connectivity index (χ3v) is 2.70. The Hall–Kier alpha value is -0.770. The largest absolute Gasteiger partial charge is 0.496 e. The summed E-state index contributed by atoms with van der Waals surface area (Å²) in [6, 6.07) is 8.09. The first-order chi connectivity index (χ1) is 7.81. The van der Waals surface area contributed by atoms with E-state index >= 15 is 0 Å². The molecule has 0 heterocycles. The van der Waals surface area contributed by atoms with Gasteiger partial charge in [-0.05, 0) is 6.07 Å². The first-order valence-electron chi connectivity index (χ1n) is 5.22. The van der Waals surface area contributed by atoms with Crippen molar-refractivity contribution in [2.45, 2.75) is 12.6 Å². The summed E-state index contributed by atoms with van der Waals surface area (Å²) < 4.78 is 10.3. The molecule has 0 fully saturated rings. The molecule has 0 amide bonds. The van der Waals surface area contributed by atoms with Gasteiger partial charge in [-0.3, -0.25) is 0 Å². The van der Waals surface area contributed by atoms with E-state index in [0.29, 0.717) is 12.5 Å². The highest BCUT2D eigenvalue weighted by Crippen LogP contribution is 2.16. The first kappa shape index (κ1) is 13.3. The predicted octanol–water partition coefficient (Wildman–Crippen LogP) is 2.04. The number of nitrogens with one attached hydrogen (secondary N) is 1. The molecule has 16 heavy (non-hydrogen) atoms. The van der Waals surface area contributed by atoms with Crippen LogP contribution in [0.3, 0.4) is 0 Å². The molecule has 3 nitrogen and oxygen atoms in total. The maximum absolute atomic E-state index is 5.81. The standard InChI is InChI=1S/C12H18ClNO2/c1-15-9-11(7-13)14-8-10-5-3-4-6-12(10)16-2/h3-6,11,14H,7-9H2,1-2H3. The average molecular weight is 244 g/mol. The lowest BCUT2D eigenvalue weighted by Crippen LogP contribution is -2.34. The number of halogens is 1. The van der Waals surface area contributed by atoms with E-state index in [1.54, 1.807) is 14.2 Å². The summed E-state index contributed by atoms with van der Waals surface area (Å²) in [5.41, 5.74) is 1.12. The number of alkyl halides is 1. The van der Waals surface area contributed by atoms with Crippen LogP contribution in [-0.4, -0.2) is 32.7 Å². The summed E-state index contributed by atoms with van der Waals surface area (Å²) in [6.45, 7) is 1.34. The molecule has 4 heteroatoms. The summed E-state index contributed by atoms with van der Waals surface area (Å²) in [5, 5.41) is 3.32. The number of benzene rings is 1. The van der Waals surface area contributed by atoms with Crippen molar-refractivity contribution in [2.75, 3.05) is 26.7 Å². The Balaban J connectivity index is 2.52. The van der Waals surface area contributed by atoms with Crippen molar-refractivity contribution in [3.8, 4) is 5.75 Å². The van der Waals surface area contributed by atoms with Crippen LogP contribution in [0.15, 0.2) is 24.3 Å². The molecule has 1 unspecified atom stereocenters. The fraction of sp³-hybridized carbons (Fsp3) is 0.500. The molecule has 0 aliphatic heterocycles. The Labute approximate surface area is 102 Å². The van der Waals surface area contributed by atoms with Gasteiger partial charge in [-0.2, -0.15) is 0 Å². The average Bonchev–Trinajstić information content (AvgIpc) is 2.34. The number of hydrogen-bond donors (Lipinski definition) is 1. The van der Waals surface area contributed by atoms with E-state index in [-0.39, 0.29) is 6.04 Å². The number of para-hydroxylation sites is 1. The zero-order valence-corrected chi connectivity index (χ0v) is 10.5. The molecule has 1 aromatic rings. The lowest BCUT2D eigenvalue weighted by Gasteiger charge is -2.16. The third kappa shape index (κ3) is 4.00. The summed E-state index contributed by atoms with van der Waals surface area (Å²) >= 11 is 5.81. The van der Waals surface area contributed by atoms with Crippen LogP contribution in [0.25, 0.3) is 0 Å². The van der Waals surface area contributed by atoms with E-state index in [1.807, 2.05) is 24.3 Å². The fourth-order valence-electron chi connectivity index (χ4n) is 1.46. The van der Waals surface area contributed by atoms with Crippen LogP contribution in [-0.2, 0) is 11.3 Å². The van der Waals surface area contributed by atoms with Crippen LogP contribution in [0.5, 0.6) is 5.75 Å². The summed E-state index contributed by atoms with van der Waals surface area (Å²) in [4.78, 5) is 0. The van der Waals surface area contributed by atoms with Crippen LogP contribution in [0, 0.1) is 0 Å². The van der Waals surface area contributed by atoms with Crippen LogP contribution in [0.2, 0.25) is 0 Å². The van der Waals surface area contributed by atoms with Gasteiger partial charge >= 0.3 is 0 Å². The molecule has 1 aromatic carbocycles. The molecular weight excluding hydrogens is 226 g/mol. The second-order valence-corrected chi connectivity index (χ2v) is 3.81. The van der Waals surface area contributed by atoms with Crippen LogP contribution in [0.4, 0.5) is 0 Å². The molecule has 0 bridgehead atoms. The minimum absolute atomic E-state index is 0.163. The molecule has 90 valence electrons. The van der Waals surface area contributed by atoms with Gasteiger partial charge in [0.1, 0.15) is 5.75 Å². The quantitative estimate of drug-likeness (QED) is 0.744. The molecule has 0 saturated carbocycles. The molecule has 0 radical (unpaired) electrons. The van der Waals surface area contributed by atoms with Crippen molar-refractivity contribution >= 4 is 11.6 Å². The van der Waals surface area contributed by atoms with Crippen molar-refractivity contribution < 1.29 is 9.47 Å². The lowest BCUT2D eigenvalue weighted by atomic mass is 10.2. The van der Waals surface area contributed by atoms with Gasteiger partial charge in [0.25, 0.3) is 0 Å². The molecule has 0 spiro atoms. The van der Waals surface area contributed by atoms with Gasteiger partial charge < -0.3 is 14.8 Å². The molecule has 1 N–H and O–H groups in total. The summed E-state index contributed by atoms with van der Waals surface area (Å²) in [6.07, 6.45) is 0. The van der Waals surface area contributed by atoms with Crippen molar-refractivity contribution in [3.05, 3.63) is 29.8 Å². The van der Waals surface area contributed by atoms with Gasteiger partial charge in [0.15, 0.2) is 0 Å². The molecule has 1 rings (SSSR count). The van der Waals surface area contributed by atoms with Crippen molar-refractivity contribution in [2.24, 2.45) is 0 Å². The Kier molecular flexibility index (Phi) is 6.23. The summed E-state index contributed by atoms with van der Waals surface area (Å²) in [5.74, 6) is 1.42. The van der Waals surface area contributed by atoms with E-state index in [4.69, 9.17) is 21.1 Å². The number of methoxy groups -OCH3 is 2. The lowest BCUT2D eigenvalue weighted by molar-refractivity contribution is 0.172. The molecule has 0 aromatic heterocycles. The monoisotopic (exact) mass is 243 g/mol. The fourth-order valence-corrected chi connectivity index (χ4v) is 1.66. The van der Waals surface area contributed by atoms with Gasteiger partial charge in [-0.1, -0.05) is 18.2 Å². The predicted molar refractivity (Wildman–Crippen MR) is 66.2 cm³/mol. The molecule has 0 saturated heterocycles. The zero-order chi connectivity index (χ0) is 11.8. The minimum Gasteiger partial charge on any atom is -0.496 e. The van der Waals surface area contributed by atoms with Gasteiger partial charge in [0.05, 0.1) is 13.7 Å². The molecule has 1 atom stereocenters. The Morgan fingerprint density at radius 1 is 1.31 bits per heavy atom. The zero-order valence-electron chi connectivity index (χ0n) is 9.70. The molecule has 0 aliphatic rings. The van der Waals surface area contributed by atoms with E-state index in [2.05, 4.69) is 5.32 Å². The van der Waals surface area contributed by atoms with Crippen molar-refractivity contribution in [3.63, 3.8) is 0 Å². The normalized spacial score (nSPS) is 12.4. The Bertz CT molecular complexity index is 307. The van der Waals surface area contributed by atoms with Crippen LogP contribution >= 0.6 is 11.6 Å². The SMILES string of the molecule is COCC(CCl)NCc1ccccc1OC. The topological polar surface area (TPSA) is 30.5 Å². The number of ether oxygens (including phenoxy) is 2. The third-order valence-electron chi connectivity index (χ3n) is 2.33. The minimum atomic E-state index is 0.163. The van der Waals surface area contributed by atoms with Crippen molar-refractivity contribution in [1.29, 1.82) is 0 Å². The van der Waals surface area contributed by atoms with Crippen LogP contribution in [0.1, 0.15) is 5.56 Å². The second-order valence-electron chi connectivity index (χ2n) is 3.50. The highest BCUT2D eigenvalue weighted by atomic mass is 35.5. The molecule has 0 aliphatic carbocycles. The number of rotatable bonds is 7. The Morgan fingerprint density at radius 3 is 2.69 bits per heavy atom. The Morgan fingerprint density at radius 2 is 2.06 bits per heavy atom. The van der Waals surface area contributed by atoms with Gasteiger partial charge in [-0.25, -0.2) is 0 Å². The van der Waals surface area contributed by atoms with Crippen LogP contribution < -0.4 is 10.1 Å². The molecular formula is C12H18ClNO2. The van der Waals surface area contributed by atoms with Gasteiger partial charge in [-0.15, -0.1) is 11.6 Å². The summed E-state index contributed by atoms with van der Waals surface area (Å²) in [7, 11) is 3.34. The number of hydrogen-bond acceptors (Lipinski definition) is 3. The maximum Gasteiger partial charge on any atom is 0.123 e. The smallest absolute Gasteiger partial charge is 0.123 e. The second kappa shape index (κ2) is 7.49.